The summed E-state index contributed by atoms with van der Waals surface area (Å²) in [6, 6.07) is 0.315. The zero-order chi connectivity index (χ0) is 13.8. The standard InChI is InChI=1S/C14H28N2O2.ClH/c1-6-8-16(13(17)10-15-5)11-9-12(18-7-2)14(11,3)4;/h11-12,15H,6-10H2,1-5H3;1H. The Morgan fingerprint density at radius 3 is 2.47 bits per heavy atom. The average molecular weight is 293 g/mol. The summed E-state index contributed by atoms with van der Waals surface area (Å²) in [4.78, 5) is 14.2. The molecule has 1 saturated carbocycles. The van der Waals surface area contributed by atoms with Crippen molar-refractivity contribution in [1.82, 2.24) is 10.2 Å². The van der Waals surface area contributed by atoms with E-state index in [4.69, 9.17) is 4.74 Å². The number of nitrogens with zero attached hydrogens (tertiary/aromatic N) is 1. The van der Waals surface area contributed by atoms with Gasteiger partial charge in [0.25, 0.3) is 0 Å². The molecule has 0 aromatic rings. The second-order valence-corrected chi connectivity index (χ2v) is 5.63. The molecule has 1 N–H and O–H groups in total. The molecule has 5 heteroatoms. The van der Waals surface area contributed by atoms with Crippen molar-refractivity contribution in [3.8, 4) is 0 Å². The highest BCUT2D eigenvalue weighted by atomic mass is 35.5. The Bertz CT molecular complexity index is 285. The molecule has 1 amide bonds. The van der Waals surface area contributed by atoms with E-state index in [0.29, 0.717) is 12.6 Å². The lowest BCUT2D eigenvalue weighted by molar-refractivity contribution is -0.166. The van der Waals surface area contributed by atoms with E-state index in [-0.39, 0.29) is 29.8 Å². The first kappa shape index (κ1) is 18.7. The third kappa shape index (κ3) is 4.07. The molecule has 1 fully saturated rings. The highest BCUT2D eigenvalue weighted by Gasteiger charge is 2.52. The molecule has 0 aromatic heterocycles. The molecular formula is C14H29ClN2O2. The van der Waals surface area contributed by atoms with Crippen molar-refractivity contribution in [3.63, 3.8) is 0 Å². The predicted octanol–water partition coefficient (Wildman–Crippen LogP) is 2.07. The number of rotatable bonds is 7. The van der Waals surface area contributed by atoms with Crippen molar-refractivity contribution in [2.75, 3.05) is 26.7 Å². The zero-order valence-corrected chi connectivity index (χ0v) is 13.7. The van der Waals surface area contributed by atoms with Crippen molar-refractivity contribution in [1.29, 1.82) is 0 Å². The predicted molar refractivity (Wildman–Crippen MR) is 80.8 cm³/mol. The normalized spacial score (nSPS) is 24.3. The molecule has 1 aliphatic carbocycles. The number of hydrogen-bond donors (Lipinski definition) is 1. The summed E-state index contributed by atoms with van der Waals surface area (Å²) >= 11 is 0. The third-order valence-corrected chi connectivity index (χ3v) is 3.98. The first-order chi connectivity index (χ1) is 8.48. The number of carbonyl (C=O) groups is 1. The van der Waals surface area contributed by atoms with Gasteiger partial charge in [0.15, 0.2) is 0 Å². The van der Waals surface area contributed by atoms with Crippen LogP contribution in [0.15, 0.2) is 0 Å². The van der Waals surface area contributed by atoms with Crippen molar-refractivity contribution < 1.29 is 9.53 Å². The van der Waals surface area contributed by atoms with Gasteiger partial charge in [-0.05, 0) is 26.8 Å². The molecule has 0 saturated heterocycles. The average Bonchev–Trinajstić information content (AvgIpc) is 2.32. The number of ether oxygens (including phenoxy) is 1. The maximum absolute atomic E-state index is 12.1. The Kier molecular flexibility index (Phi) is 7.94. The Balaban J connectivity index is 0.00000324. The lowest BCUT2D eigenvalue weighted by Gasteiger charge is -2.55. The molecule has 1 rings (SSSR count). The molecule has 0 heterocycles. The van der Waals surface area contributed by atoms with Gasteiger partial charge in [0, 0.05) is 24.6 Å². The molecule has 0 aromatic carbocycles. The highest BCUT2D eigenvalue weighted by Crippen LogP contribution is 2.45. The Morgan fingerprint density at radius 1 is 1.42 bits per heavy atom. The maximum atomic E-state index is 12.1. The van der Waals surface area contributed by atoms with E-state index in [9.17, 15) is 4.79 Å². The number of carbonyl (C=O) groups excluding carboxylic acids is 1. The number of nitrogens with one attached hydrogen (secondary N) is 1. The summed E-state index contributed by atoms with van der Waals surface area (Å²) < 4.78 is 5.74. The molecule has 4 nitrogen and oxygen atoms in total. The van der Waals surface area contributed by atoms with Crippen LogP contribution in [0, 0.1) is 5.41 Å². The second-order valence-electron chi connectivity index (χ2n) is 5.63. The molecule has 0 radical (unpaired) electrons. The van der Waals surface area contributed by atoms with Crippen LogP contribution < -0.4 is 5.32 Å². The molecule has 114 valence electrons. The number of amides is 1. The van der Waals surface area contributed by atoms with Gasteiger partial charge in [0.05, 0.1) is 12.6 Å². The number of hydrogen-bond acceptors (Lipinski definition) is 3. The van der Waals surface area contributed by atoms with Crippen LogP contribution in [0.4, 0.5) is 0 Å². The Morgan fingerprint density at radius 2 is 2.05 bits per heavy atom. The van der Waals surface area contributed by atoms with Crippen LogP contribution in [-0.4, -0.2) is 49.7 Å². The fourth-order valence-electron chi connectivity index (χ4n) is 2.83. The van der Waals surface area contributed by atoms with Crippen LogP contribution in [0.25, 0.3) is 0 Å². The van der Waals surface area contributed by atoms with Crippen LogP contribution in [0.3, 0.4) is 0 Å². The summed E-state index contributed by atoms with van der Waals surface area (Å²) in [7, 11) is 1.82. The van der Waals surface area contributed by atoms with Gasteiger partial charge in [-0.15, -0.1) is 12.4 Å². The molecule has 0 bridgehead atoms. The van der Waals surface area contributed by atoms with E-state index >= 15 is 0 Å². The van der Waals surface area contributed by atoms with Crippen LogP contribution in [0.5, 0.6) is 0 Å². The van der Waals surface area contributed by atoms with Crippen molar-refractivity contribution in [2.45, 2.75) is 52.7 Å². The van der Waals surface area contributed by atoms with Gasteiger partial charge < -0.3 is 15.0 Å². The van der Waals surface area contributed by atoms with Gasteiger partial charge in [0.2, 0.25) is 5.91 Å². The van der Waals surface area contributed by atoms with Gasteiger partial charge in [-0.3, -0.25) is 4.79 Å². The van der Waals surface area contributed by atoms with Gasteiger partial charge >= 0.3 is 0 Å². The molecule has 0 spiro atoms. The summed E-state index contributed by atoms with van der Waals surface area (Å²) in [6.45, 7) is 10.6. The van der Waals surface area contributed by atoms with E-state index in [0.717, 1.165) is 26.0 Å². The quantitative estimate of drug-likeness (QED) is 0.781. The molecule has 2 atom stereocenters. The Labute approximate surface area is 123 Å². The van der Waals surface area contributed by atoms with Crippen LogP contribution in [-0.2, 0) is 9.53 Å². The fraction of sp³-hybridized carbons (Fsp3) is 0.929. The minimum atomic E-state index is 0. The van der Waals surface area contributed by atoms with E-state index < -0.39 is 0 Å². The fourth-order valence-corrected chi connectivity index (χ4v) is 2.83. The summed E-state index contributed by atoms with van der Waals surface area (Å²) in [5.74, 6) is 0.201. The molecular weight excluding hydrogens is 264 g/mol. The van der Waals surface area contributed by atoms with Crippen LogP contribution in [0.2, 0.25) is 0 Å². The van der Waals surface area contributed by atoms with Crippen molar-refractivity contribution >= 4 is 18.3 Å². The van der Waals surface area contributed by atoms with E-state index in [1.807, 2.05) is 18.9 Å². The van der Waals surface area contributed by atoms with E-state index in [1.165, 1.54) is 0 Å². The van der Waals surface area contributed by atoms with Gasteiger partial charge in [0.1, 0.15) is 0 Å². The lowest BCUT2D eigenvalue weighted by atomic mass is 9.63. The molecule has 0 aliphatic heterocycles. The van der Waals surface area contributed by atoms with Crippen LogP contribution in [0.1, 0.15) is 40.5 Å². The number of likely N-dealkylation sites (N-methyl/N-ethyl adjacent to an activating group) is 1. The maximum Gasteiger partial charge on any atom is 0.236 e. The smallest absolute Gasteiger partial charge is 0.236 e. The van der Waals surface area contributed by atoms with Crippen molar-refractivity contribution in [2.24, 2.45) is 5.41 Å². The molecule has 19 heavy (non-hydrogen) atoms. The number of halogens is 1. The van der Waals surface area contributed by atoms with Gasteiger partial charge in [-0.25, -0.2) is 0 Å². The lowest BCUT2D eigenvalue weighted by Crippen LogP contribution is -2.64. The minimum absolute atomic E-state index is 0. The first-order valence-electron chi connectivity index (χ1n) is 7.04. The van der Waals surface area contributed by atoms with Gasteiger partial charge in [-0.1, -0.05) is 20.8 Å². The second kappa shape index (κ2) is 8.08. The zero-order valence-electron chi connectivity index (χ0n) is 12.9. The van der Waals surface area contributed by atoms with E-state index in [2.05, 4.69) is 26.1 Å². The highest BCUT2D eigenvalue weighted by molar-refractivity contribution is 5.85. The summed E-state index contributed by atoms with van der Waals surface area (Å²) in [5, 5.41) is 2.95. The third-order valence-electron chi connectivity index (χ3n) is 3.98. The first-order valence-corrected chi connectivity index (χ1v) is 7.04. The van der Waals surface area contributed by atoms with Crippen molar-refractivity contribution in [3.05, 3.63) is 0 Å². The molecule has 1 aliphatic rings. The minimum Gasteiger partial charge on any atom is -0.378 e. The summed E-state index contributed by atoms with van der Waals surface area (Å²) in [5.41, 5.74) is 0.0641. The summed E-state index contributed by atoms with van der Waals surface area (Å²) in [6.07, 6.45) is 2.26. The monoisotopic (exact) mass is 292 g/mol. The SMILES string of the molecule is CCCN(C(=O)CNC)C1CC(OCC)C1(C)C.Cl. The largest absolute Gasteiger partial charge is 0.378 e. The van der Waals surface area contributed by atoms with Gasteiger partial charge in [-0.2, -0.15) is 0 Å². The molecule has 2 unspecified atom stereocenters. The topological polar surface area (TPSA) is 41.6 Å². The Hall–Kier alpha value is -0.320. The van der Waals surface area contributed by atoms with E-state index in [1.54, 1.807) is 0 Å². The van der Waals surface area contributed by atoms with Crippen LogP contribution >= 0.6 is 12.4 Å².